The van der Waals surface area contributed by atoms with Crippen molar-refractivity contribution in [2.45, 2.75) is 38.6 Å². The first-order valence-corrected chi connectivity index (χ1v) is 8.14. The highest BCUT2D eigenvalue weighted by Gasteiger charge is 2.30. The van der Waals surface area contributed by atoms with Gasteiger partial charge in [-0.25, -0.2) is 0 Å². The summed E-state index contributed by atoms with van der Waals surface area (Å²) in [5, 5.41) is 3.39. The molecule has 120 valence electrons. The molecule has 1 saturated heterocycles. The molecule has 0 spiro atoms. The number of hydrogen-bond donors (Lipinski definition) is 1. The molecule has 4 nitrogen and oxygen atoms in total. The SMILES string of the molecule is CC(C)[C@@H](NC=O)C(=O)N1CCC(c2ccc(Cl)cc2)CC1. The van der Waals surface area contributed by atoms with Crippen LogP contribution in [-0.4, -0.2) is 36.3 Å². The number of halogens is 1. The highest BCUT2D eigenvalue weighted by Crippen LogP contribution is 2.29. The zero-order chi connectivity index (χ0) is 16.1. The van der Waals surface area contributed by atoms with Crippen LogP contribution >= 0.6 is 11.6 Å². The van der Waals surface area contributed by atoms with Crippen LogP contribution in [0.5, 0.6) is 0 Å². The first-order chi connectivity index (χ1) is 10.5. The van der Waals surface area contributed by atoms with Gasteiger partial charge in [-0.1, -0.05) is 37.6 Å². The van der Waals surface area contributed by atoms with Crippen LogP contribution in [0.2, 0.25) is 5.02 Å². The minimum Gasteiger partial charge on any atom is -0.347 e. The van der Waals surface area contributed by atoms with Crippen molar-refractivity contribution in [2.75, 3.05) is 13.1 Å². The van der Waals surface area contributed by atoms with Crippen molar-refractivity contribution in [3.63, 3.8) is 0 Å². The number of carbonyl (C=O) groups excluding carboxylic acids is 2. The average molecular weight is 323 g/mol. The maximum atomic E-state index is 12.5. The van der Waals surface area contributed by atoms with E-state index in [4.69, 9.17) is 11.6 Å². The molecule has 1 aliphatic rings. The summed E-state index contributed by atoms with van der Waals surface area (Å²) >= 11 is 5.92. The molecule has 0 saturated carbocycles. The molecule has 0 radical (unpaired) electrons. The molecule has 1 N–H and O–H groups in total. The quantitative estimate of drug-likeness (QED) is 0.847. The molecule has 0 unspecified atom stereocenters. The molecule has 1 aromatic carbocycles. The Morgan fingerprint density at radius 1 is 1.27 bits per heavy atom. The van der Waals surface area contributed by atoms with Gasteiger partial charge in [0.2, 0.25) is 12.3 Å². The number of hydrogen-bond acceptors (Lipinski definition) is 2. The van der Waals surface area contributed by atoms with E-state index < -0.39 is 6.04 Å². The van der Waals surface area contributed by atoms with Gasteiger partial charge in [-0.05, 0) is 42.4 Å². The van der Waals surface area contributed by atoms with Crippen LogP contribution in [0.3, 0.4) is 0 Å². The molecule has 1 fully saturated rings. The lowest BCUT2D eigenvalue weighted by atomic mass is 9.89. The van der Waals surface area contributed by atoms with E-state index in [9.17, 15) is 9.59 Å². The van der Waals surface area contributed by atoms with Gasteiger partial charge in [0.25, 0.3) is 0 Å². The number of piperidine rings is 1. The molecule has 22 heavy (non-hydrogen) atoms. The zero-order valence-electron chi connectivity index (χ0n) is 13.1. The van der Waals surface area contributed by atoms with E-state index in [1.165, 1.54) is 5.56 Å². The highest BCUT2D eigenvalue weighted by molar-refractivity contribution is 6.30. The van der Waals surface area contributed by atoms with Crippen LogP contribution < -0.4 is 5.32 Å². The Morgan fingerprint density at radius 3 is 2.36 bits per heavy atom. The van der Waals surface area contributed by atoms with Crippen molar-refractivity contribution >= 4 is 23.9 Å². The van der Waals surface area contributed by atoms with Crippen LogP contribution in [0.4, 0.5) is 0 Å². The molecule has 5 heteroatoms. The van der Waals surface area contributed by atoms with Crippen molar-refractivity contribution in [2.24, 2.45) is 5.92 Å². The zero-order valence-corrected chi connectivity index (χ0v) is 13.8. The Labute approximate surface area is 136 Å². The van der Waals surface area contributed by atoms with Crippen molar-refractivity contribution in [3.8, 4) is 0 Å². The normalized spacial score (nSPS) is 17.4. The van der Waals surface area contributed by atoms with Gasteiger partial charge in [-0.2, -0.15) is 0 Å². The monoisotopic (exact) mass is 322 g/mol. The first kappa shape index (κ1) is 16.8. The molecule has 0 aromatic heterocycles. The molecule has 1 aliphatic heterocycles. The third kappa shape index (κ3) is 4.01. The highest BCUT2D eigenvalue weighted by atomic mass is 35.5. The largest absolute Gasteiger partial charge is 0.347 e. The molecule has 2 rings (SSSR count). The molecule has 2 amide bonds. The molecule has 1 heterocycles. The molecule has 1 atom stereocenters. The maximum absolute atomic E-state index is 12.5. The number of amides is 2. The standard InChI is InChI=1S/C17H23ClN2O2/c1-12(2)16(19-11-21)17(22)20-9-7-14(8-10-20)13-3-5-15(18)6-4-13/h3-6,11-12,14,16H,7-10H2,1-2H3,(H,19,21)/t16-/m1/s1. The number of likely N-dealkylation sites (tertiary alicyclic amines) is 1. The summed E-state index contributed by atoms with van der Waals surface area (Å²) in [5.74, 6) is 0.584. The van der Waals surface area contributed by atoms with Crippen LogP contribution in [0.1, 0.15) is 38.2 Å². The van der Waals surface area contributed by atoms with Crippen LogP contribution in [0.15, 0.2) is 24.3 Å². The second-order valence-corrected chi connectivity index (χ2v) is 6.59. The van der Waals surface area contributed by atoms with Gasteiger partial charge in [0.15, 0.2) is 0 Å². The summed E-state index contributed by atoms with van der Waals surface area (Å²) in [6.45, 7) is 5.35. The predicted molar refractivity (Wildman–Crippen MR) is 87.8 cm³/mol. The predicted octanol–water partition coefficient (Wildman–Crippen LogP) is 2.82. The van der Waals surface area contributed by atoms with Gasteiger partial charge in [0.05, 0.1) is 0 Å². The van der Waals surface area contributed by atoms with Gasteiger partial charge in [0, 0.05) is 18.1 Å². The second kappa shape index (κ2) is 7.63. The summed E-state index contributed by atoms with van der Waals surface area (Å²) in [5.41, 5.74) is 1.28. The Morgan fingerprint density at radius 2 is 1.86 bits per heavy atom. The lowest BCUT2D eigenvalue weighted by Gasteiger charge is -2.35. The summed E-state index contributed by atoms with van der Waals surface area (Å²) in [6.07, 6.45) is 2.50. The Balaban J connectivity index is 1.94. The van der Waals surface area contributed by atoms with Crippen LogP contribution in [0.25, 0.3) is 0 Å². The van der Waals surface area contributed by atoms with Crippen LogP contribution in [-0.2, 0) is 9.59 Å². The number of rotatable bonds is 5. The van der Waals surface area contributed by atoms with Crippen molar-refractivity contribution < 1.29 is 9.59 Å². The number of benzene rings is 1. The molecular formula is C17H23ClN2O2. The minimum absolute atomic E-state index is 0.0247. The Hall–Kier alpha value is -1.55. The third-order valence-corrected chi connectivity index (χ3v) is 4.58. The molecule has 1 aromatic rings. The van der Waals surface area contributed by atoms with E-state index in [0.717, 1.165) is 31.0 Å². The minimum atomic E-state index is -0.426. The lowest BCUT2D eigenvalue weighted by Crippen LogP contribution is -2.51. The Bertz CT molecular complexity index is 508. The van der Waals surface area contributed by atoms with Gasteiger partial charge in [-0.3, -0.25) is 9.59 Å². The smallest absolute Gasteiger partial charge is 0.245 e. The molecule has 0 bridgehead atoms. The first-order valence-electron chi connectivity index (χ1n) is 7.77. The van der Waals surface area contributed by atoms with E-state index in [1.54, 1.807) is 0 Å². The van der Waals surface area contributed by atoms with Gasteiger partial charge in [-0.15, -0.1) is 0 Å². The fraction of sp³-hybridized carbons (Fsp3) is 0.529. The third-order valence-electron chi connectivity index (χ3n) is 4.33. The molecular weight excluding hydrogens is 300 g/mol. The van der Waals surface area contributed by atoms with Crippen molar-refractivity contribution in [1.29, 1.82) is 0 Å². The number of nitrogens with zero attached hydrogens (tertiary/aromatic N) is 1. The summed E-state index contributed by atoms with van der Waals surface area (Å²) in [6, 6.07) is 7.53. The fourth-order valence-electron chi connectivity index (χ4n) is 2.99. The van der Waals surface area contributed by atoms with Gasteiger partial charge >= 0.3 is 0 Å². The second-order valence-electron chi connectivity index (χ2n) is 6.16. The van der Waals surface area contributed by atoms with E-state index in [2.05, 4.69) is 17.4 Å². The van der Waals surface area contributed by atoms with Crippen LogP contribution in [0, 0.1) is 5.92 Å². The van der Waals surface area contributed by atoms with Crippen molar-refractivity contribution in [3.05, 3.63) is 34.9 Å². The fourth-order valence-corrected chi connectivity index (χ4v) is 3.11. The molecule has 0 aliphatic carbocycles. The topological polar surface area (TPSA) is 49.4 Å². The van der Waals surface area contributed by atoms with E-state index in [-0.39, 0.29) is 11.8 Å². The van der Waals surface area contributed by atoms with E-state index in [0.29, 0.717) is 12.3 Å². The average Bonchev–Trinajstić information content (AvgIpc) is 2.52. The maximum Gasteiger partial charge on any atom is 0.245 e. The van der Waals surface area contributed by atoms with E-state index >= 15 is 0 Å². The van der Waals surface area contributed by atoms with Crippen molar-refractivity contribution in [1.82, 2.24) is 10.2 Å². The van der Waals surface area contributed by atoms with E-state index in [1.807, 2.05) is 30.9 Å². The number of carbonyl (C=O) groups is 2. The summed E-state index contributed by atoms with van der Waals surface area (Å²) < 4.78 is 0. The number of nitrogens with one attached hydrogen (secondary N) is 1. The van der Waals surface area contributed by atoms with Gasteiger partial charge in [0.1, 0.15) is 6.04 Å². The Kier molecular flexibility index (Phi) is 5.83. The lowest BCUT2D eigenvalue weighted by molar-refractivity contribution is -0.137. The summed E-state index contributed by atoms with van der Waals surface area (Å²) in [4.78, 5) is 25.1. The van der Waals surface area contributed by atoms with Gasteiger partial charge < -0.3 is 10.2 Å². The summed E-state index contributed by atoms with van der Waals surface area (Å²) in [7, 11) is 0.